The molecule has 0 radical (unpaired) electrons. The zero-order valence-electron chi connectivity index (χ0n) is 16.5. The van der Waals surface area contributed by atoms with Crippen LogP contribution >= 0.6 is 0 Å². The van der Waals surface area contributed by atoms with E-state index in [-0.39, 0.29) is 23.9 Å². The molecule has 3 aromatic heterocycles. The molecule has 0 aliphatic heterocycles. The third-order valence-electron chi connectivity index (χ3n) is 5.26. The summed E-state index contributed by atoms with van der Waals surface area (Å²) >= 11 is 0. The number of pyridine rings is 2. The second kappa shape index (κ2) is 8.50. The van der Waals surface area contributed by atoms with Gasteiger partial charge in [-0.3, -0.25) is 4.79 Å². The molecule has 1 fully saturated rings. The highest BCUT2D eigenvalue weighted by atomic mass is 16.5. The fourth-order valence-corrected chi connectivity index (χ4v) is 3.54. The van der Waals surface area contributed by atoms with Gasteiger partial charge in [0.15, 0.2) is 5.82 Å². The summed E-state index contributed by atoms with van der Waals surface area (Å²) < 4.78 is 6.42. The van der Waals surface area contributed by atoms with Crippen molar-refractivity contribution in [2.45, 2.75) is 37.8 Å². The van der Waals surface area contributed by atoms with Crippen LogP contribution in [0.3, 0.4) is 0 Å². The predicted molar refractivity (Wildman–Crippen MR) is 109 cm³/mol. The van der Waals surface area contributed by atoms with Gasteiger partial charge >= 0.3 is 0 Å². The number of carbonyl (C=O) groups is 1. The maximum atomic E-state index is 12.5. The van der Waals surface area contributed by atoms with Crippen molar-refractivity contribution < 1.29 is 19.7 Å². The lowest BCUT2D eigenvalue weighted by atomic mass is 9.93. The number of nitrogens with zero attached hydrogens (tertiary/aromatic N) is 4. The highest BCUT2D eigenvalue weighted by Crippen LogP contribution is 2.31. The Bertz CT molecular complexity index is 1030. The van der Waals surface area contributed by atoms with E-state index in [1.165, 1.54) is 24.2 Å². The van der Waals surface area contributed by atoms with Crippen LogP contribution in [0, 0.1) is 0 Å². The number of carbonyl (C=O) groups excluding carboxylic acids is 1. The third kappa shape index (κ3) is 4.11. The normalized spacial score (nSPS) is 18.7. The fraction of sp³-hybridized carbons (Fsp3) is 0.333. The molecule has 4 rings (SSSR count). The van der Waals surface area contributed by atoms with E-state index in [1.54, 1.807) is 30.5 Å². The summed E-state index contributed by atoms with van der Waals surface area (Å²) in [4.78, 5) is 20.8. The van der Waals surface area contributed by atoms with Gasteiger partial charge in [0.2, 0.25) is 11.8 Å². The molecule has 0 unspecified atom stereocenters. The van der Waals surface area contributed by atoms with Crippen LogP contribution in [-0.2, 0) is 0 Å². The minimum Gasteiger partial charge on any atom is -0.493 e. The number of ether oxygens (including phenoxy) is 1. The van der Waals surface area contributed by atoms with Crippen LogP contribution in [-0.4, -0.2) is 55.1 Å². The second-order valence-corrected chi connectivity index (χ2v) is 7.26. The Morgan fingerprint density at radius 2 is 1.97 bits per heavy atom. The van der Waals surface area contributed by atoms with Crippen molar-refractivity contribution in [1.29, 1.82) is 0 Å². The minimum absolute atomic E-state index is 0.0654. The Kier molecular flexibility index (Phi) is 5.62. The van der Waals surface area contributed by atoms with Gasteiger partial charge in [-0.1, -0.05) is 0 Å². The van der Waals surface area contributed by atoms with Crippen LogP contribution in [0.4, 0.5) is 0 Å². The van der Waals surface area contributed by atoms with E-state index < -0.39 is 0 Å². The topological polar surface area (TPSA) is 122 Å². The number of nitrogens with one attached hydrogen (secondary N) is 1. The van der Waals surface area contributed by atoms with Gasteiger partial charge in [0.25, 0.3) is 5.91 Å². The number of hydrogen-bond donors (Lipinski definition) is 3. The van der Waals surface area contributed by atoms with Crippen molar-refractivity contribution >= 4 is 5.91 Å². The van der Waals surface area contributed by atoms with Gasteiger partial charge < -0.3 is 20.3 Å². The summed E-state index contributed by atoms with van der Waals surface area (Å²) in [7, 11) is 1.52. The zero-order valence-corrected chi connectivity index (χ0v) is 16.5. The van der Waals surface area contributed by atoms with Crippen molar-refractivity contribution in [3.05, 3.63) is 48.4 Å². The highest BCUT2D eigenvalue weighted by Gasteiger charge is 2.21. The number of rotatable bonds is 5. The molecule has 1 aliphatic rings. The average molecular weight is 409 g/mol. The SMILES string of the molecule is COc1cc(-c2cnn(-c3ccc(C(=O)NC4CCC(O)CC4)cn3)c2O)ccn1. The molecule has 9 heteroatoms. The first-order chi connectivity index (χ1) is 14.5. The van der Waals surface area contributed by atoms with Gasteiger partial charge in [-0.05, 0) is 49.4 Å². The second-order valence-electron chi connectivity index (χ2n) is 7.26. The largest absolute Gasteiger partial charge is 0.493 e. The van der Waals surface area contributed by atoms with Gasteiger partial charge in [-0.15, -0.1) is 0 Å². The van der Waals surface area contributed by atoms with E-state index in [1.807, 2.05) is 0 Å². The number of aromatic hydroxyl groups is 1. The van der Waals surface area contributed by atoms with E-state index >= 15 is 0 Å². The van der Waals surface area contributed by atoms with Gasteiger partial charge in [0.05, 0.1) is 30.5 Å². The van der Waals surface area contributed by atoms with Crippen molar-refractivity contribution in [2.24, 2.45) is 0 Å². The Morgan fingerprint density at radius 3 is 2.67 bits per heavy atom. The standard InChI is InChI=1S/C21H23N5O4/c1-30-19-10-13(8-9-22-19)17-12-24-26(21(17)29)18-7-2-14(11-23-18)20(28)25-15-3-5-16(27)6-4-15/h2,7-12,15-16,27,29H,3-6H2,1H3,(H,25,28). The molecule has 1 saturated carbocycles. The van der Waals surface area contributed by atoms with Crippen LogP contribution in [0.15, 0.2) is 42.9 Å². The monoisotopic (exact) mass is 409 g/mol. The molecular weight excluding hydrogens is 386 g/mol. The Balaban J connectivity index is 1.49. The fourth-order valence-electron chi connectivity index (χ4n) is 3.54. The van der Waals surface area contributed by atoms with Gasteiger partial charge in [0.1, 0.15) is 0 Å². The molecule has 156 valence electrons. The molecule has 0 saturated heterocycles. The lowest BCUT2D eigenvalue weighted by molar-refractivity contribution is 0.0867. The number of aliphatic hydroxyl groups is 1. The quantitative estimate of drug-likeness (QED) is 0.590. The van der Waals surface area contributed by atoms with Gasteiger partial charge in [0, 0.05) is 24.5 Å². The molecule has 0 aromatic carbocycles. The van der Waals surface area contributed by atoms with Crippen molar-refractivity contribution in [2.75, 3.05) is 7.11 Å². The van der Waals surface area contributed by atoms with E-state index in [0.717, 1.165) is 12.8 Å². The molecule has 3 aromatic rings. The number of amides is 1. The van der Waals surface area contributed by atoms with Gasteiger partial charge in [-0.2, -0.15) is 9.78 Å². The Labute approximate surface area is 173 Å². The first-order valence-electron chi connectivity index (χ1n) is 9.78. The Morgan fingerprint density at radius 1 is 1.17 bits per heavy atom. The van der Waals surface area contributed by atoms with Crippen LogP contribution < -0.4 is 10.1 Å². The molecular formula is C21H23N5O4. The minimum atomic E-state index is -0.265. The maximum absolute atomic E-state index is 12.5. The molecule has 0 spiro atoms. The number of aromatic nitrogens is 4. The molecule has 3 heterocycles. The lowest BCUT2D eigenvalue weighted by Gasteiger charge is -2.26. The zero-order chi connectivity index (χ0) is 21.1. The Hall–Kier alpha value is -3.46. The molecule has 0 bridgehead atoms. The summed E-state index contributed by atoms with van der Waals surface area (Å²) in [6, 6.07) is 6.78. The number of hydrogen-bond acceptors (Lipinski definition) is 7. The first-order valence-corrected chi connectivity index (χ1v) is 9.78. The van der Waals surface area contributed by atoms with Crippen molar-refractivity contribution in [3.63, 3.8) is 0 Å². The molecule has 3 N–H and O–H groups in total. The van der Waals surface area contributed by atoms with Crippen molar-refractivity contribution in [3.8, 4) is 28.7 Å². The molecule has 9 nitrogen and oxygen atoms in total. The highest BCUT2D eigenvalue weighted by molar-refractivity contribution is 5.94. The third-order valence-corrected chi connectivity index (χ3v) is 5.26. The number of aliphatic hydroxyl groups excluding tert-OH is 1. The maximum Gasteiger partial charge on any atom is 0.253 e. The van der Waals surface area contributed by atoms with Crippen LogP contribution in [0.1, 0.15) is 36.0 Å². The molecule has 1 aliphatic carbocycles. The summed E-state index contributed by atoms with van der Waals surface area (Å²) in [5.74, 6) is 0.538. The van der Waals surface area contributed by atoms with Crippen LogP contribution in [0.25, 0.3) is 16.9 Å². The summed E-state index contributed by atoms with van der Waals surface area (Å²) in [5.41, 5.74) is 1.65. The summed E-state index contributed by atoms with van der Waals surface area (Å²) in [5, 5.41) is 27.4. The first kappa shape index (κ1) is 19.8. The van der Waals surface area contributed by atoms with Crippen LogP contribution in [0.5, 0.6) is 11.8 Å². The lowest BCUT2D eigenvalue weighted by Crippen LogP contribution is -2.38. The summed E-state index contributed by atoms with van der Waals surface area (Å²) in [6.45, 7) is 0. The van der Waals surface area contributed by atoms with Crippen LogP contribution in [0.2, 0.25) is 0 Å². The molecule has 30 heavy (non-hydrogen) atoms. The van der Waals surface area contributed by atoms with Crippen molar-refractivity contribution in [1.82, 2.24) is 25.1 Å². The smallest absolute Gasteiger partial charge is 0.253 e. The van der Waals surface area contributed by atoms with Gasteiger partial charge in [-0.25, -0.2) is 9.97 Å². The van der Waals surface area contributed by atoms with E-state index in [4.69, 9.17) is 4.74 Å². The molecule has 1 amide bonds. The number of methoxy groups -OCH3 is 1. The van der Waals surface area contributed by atoms with E-state index in [2.05, 4.69) is 20.4 Å². The van der Waals surface area contributed by atoms with E-state index in [9.17, 15) is 15.0 Å². The predicted octanol–water partition coefficient (Wildman–Crippen LogP) is 2.08. The van der Waals surface area contributed by atoms with E-state index in [0.29, 0.717) is 41.2 Å². The average Bonchev–Trinajstić information content (AvgIpc) is 3.16. The molecule has 0 atom stereocenters. The summed E-state index contributed by atoms with van der Waals surface area (Å²) in [6.07, 6.45) is 7.24.